The molecule has 2 aliphatic rings. The van der Waals surface area contributed by atoms with Gasteiger partial charge in [0.25, 0.3) is 0 Å². The molecule has 7 heteroatoms. The van der Waals surface area contributed by atoms with Crippen LogP contribution in [0, 0.1) is 5.41 Å². The van der Waals surface area contributed by atoms with Crippen molar-refractivity contribution in [1.82, 2.24) is 9.62 Å². The Bertz CT molecular complexity index is 444. The van der Waals surface area contributed by atoms with E-state index in [0.717, 1.165) is 25.7 Å². The quantitative estimate of drug-likeness (QED) is 0.604. The van der Waals surface area contributed by atoms with Crippen LogP contribution in [0.15, 0.2) is 12.8 Å². The summed E-state index contributed by atoms with van der Waals surface area (Å²) >= 11 is -1.15. The minimum absolute atomic E-state index is 0.0540. The molecule has 1 heterocycles. The zero-order valence-electron chi connectivity index (χ0n) is 14.2. The number of carboxylic acid groups (broad SMARTS) is 1. The molecule has 1 saturated heterocycles. The third kappa shape index (κ3) is 4.14. The number of piperidine rings is 1. The molecule has 6 nitrogen and oxygen atoms in total. The van der Waals surface area contributed by atoms with Crippen LogP contribution in [0.4, 0.5) is 4.79 Å². The topological polar surface area (TPSA) is 84.9 Å². The van der Waals surface area contributed by atoms with Crippen molar-refractivity contribution >= 4 is 17.5 Å². The van der Waals surface area contributed by atoms with Crippen LogP contribution < -0.4 is 4.72 Å². The predicted octanol–water partition coefficient (Wildman–Crippen LogP) is 2.49. The molecule has 0 aromatic carbocycles. The molecule has 2 N–H and O–H groups in total. The minimum Gasteiger partial charge on any atom is -0.598 e. The fraction of sp³-hybridized carbons (Fsp3) is 0.812. The highest BCUT2D eigenvalue weighted by Crippen LogP contribution is 2.48. The van der Waals surface area contributed by atoms with Gasteiger partial charge in [0.05, 0.1) is 12.3 Å². The summed E-state index contributed by atoms with van der Waals surface area (Å²) in [7, 11) is 0. The molecule has 0 radical (unpaired) electrons. The van der Waals surface area contributed by atoms with E-state index in [9.17, 15) is 9.35 Å². The van der Waals surface area contributed by atoms with Gasteiger partial charge in [-0.15, -0.1) is 4.72 Å². The number of hydrogen-bond acceptors (Lipinski definition) is 4. The first-order valence-electron chi connectivity index (χ1n) is 8.10. The Kier molecular flexibility index (Phi) is 5.53. The normalized spacial score (nSPS) is 28.6. The minimum atomic E-state index is -1.15. The lowest BCUT2D eigenvalue weighted by Crippen LogP contribution is -2.53. The molecule has 1 spiro atoms. The molecule has 132 valence electrons. The van der Waals surface area contributed by atoms with E-state index in [-0.39, 0.29) is 22.3 Å². The van der Waals surface area contributed by atoms with E-state index < -0.39 is 17.5 Å². The molecular formula is C16H28N2O4S. The van der Waals surface area contributed by atoms with Crippen LogP contribution in [0.1, 0.15) is 46.5 Å². The van der Waals surface area contributed by atoms with Crippen molar-refractivity contribution in [3.8, 4) is 0 Å². The van der Waals surface area contributed by atoms with E-state index in [2.05, 4.69) is 11.3 Å². The van der Waals surface area contributed by atoms with Crippen LogP contribution in [0.2, 0.25) is 0 Å². The van der Waals surface area contributed by atoms with Gasteiger partial charge in [0.1, 0.15) is 10.9 Å². The summed E-state index contributed by atoms with van der Waals surface area (Å²) in [6, 6.07) is 0.0726. The summed E-state index contributed by atoms with van der Waals surface area (Å²) in [5.41, 5.74) is -0.0550. The maximum absolute atomic E-state index is 12.5. The third-order valence-electron chi connectivity index (χ3n) is 5.00. The van der Waals surface area contributed by atoms with E-state index in [0.29, 0.717) is 13.1 Å². The first-order valence-corrected chi connectivity index (χ1v) is 9.25. The second kappa shape index (κ2) is 6.91. The number of nitrogens with zero attached hydrogens (tertiary/aromatic N) is 1. The molecule has 2 fully saturated rings. The van der Waals surface area contributed by atoms with Gasteiger partial charge in [0, 0.05) is 30.9 Å². The summed E-state index contributed by atoms with van der Waals surface area (Å²) in [6.07, 6.45) is 3.84. The number of rotatable bonds is 4. The van der Waals surface area contributed by atoms with Gasteiger partial charge in [-0.05, 0) is 45.4 Å². The van der Waals surface area contributed by atoms with Gasteiger partial charge in [0.2, 0.25) is 0 Å². The fourth-order valence-electron chi connectivity index (χ4n) is 3.61. The summed E-state index contributed by atoms with van der Waals surface area (Å²) in [5.74, 6) is 0. The summed E-state index contributed by atoms with van der Waals surface area (Å²) in [4.78, 5) is 12.6. The highest BCUT2D eigenvalue weighted by Gasteiger charge is 2.52. The van der Waals surface area contributed by atoms with E-state index in [1.807, 2.05) is 20.8 Å². The molecule has 0 bridgehead atoms. The first-order chi connectivity index (χ1) is 10.7. The number of nitrogens with one attached hydrogen (secondary N) is 1. The highest BCUT2D eigenvalue weighted by atomic mass is 32.2. The zero-order valence-corrected chi connectivity index (χ0v) is 15.0. The molecule has 1 amide bonds. The molecule has 2 rings (SSSR count). The molecule has 3 atom stereocenters. The molecule has 0 aromatic heterocycles. The molecular weight excluding hydrogens is 316 g/mol. The smallest absolute Gasteiger partial charge is 0.407 e. The molecule has 1 aliphatic heterocycles. The number of carbonyl (C=O) groups is 1. The summed E-state index contributed by atoms with van der Waals surface area (Å²) in [6.45, 7) is 10.5. The lowest BCUT2D eigenvalue weighted by Gasteiger charge is -2.42. The van der Waals surface area contributed by atoms with Crippen molar-refractivity contribution in [2.45, 2.75) is 63.3 Å². The summed E-state index contributed by atoms with van der Waals surface area (Å²) < 4.78 is 21.1. The fourth-order valence-corrected chi connectivity index (χ4v) is 4.56. The zero-order chi connectivity index (χ0) is 17.3. The number of hydrogen-bond donors (Lipinski definition) is 2. The van der Waals surface area contributed by atoms with Gasteiger partial charge in [-0.25, -0.2) is 4.79 Å². The van der Waals surface area contributed by atoms with Crippen LogP contribution in [-0.4, -0.2) is 50.6 Å². The van der Waals surface area contributed by atoms with Gasteiger partial charge in [-0.2, -0.15) is 0 Å². The molecule has 1 saturated carbocycles. The van der Waals surface area contributed by atoms with Gasteiger partial charge >= 0.3 is 6.09 Å². The summed E-state index contributed by atoms with van der Waals surface area (Å²) in [5, 5.41) is 9.15. The van der Waals surface area contributed by atoms with E-state index >= 15 is 0 Å². The Hall–Kier alpha value is -0.920. The van der Waals surface area contributed by atoms with Crippen molar-refractivity contribution in [2.75, 3.05) is 13.1 Å². The Morgan fingerprint density at radius 1 is 1.48 bits per heavy atom. The number of likely N-dealkylation sites (tertiary alicyclic amines) is 1. The Morgan fingerprint density at radius 3 is 2.57 bits per heavy atom. The second-order valence-electron chi connectivity index (χ2n) is 7.55. The first kappa shape index (κ1) is 18.4. The van der Waals surface area contributed by atoms with Gasteiger partial charge in [-0.1, -0.05) is 6.58 Å². The van der Waals surface area contributed by atoms with Crippen molar-refractivity contribution in [3.63, 3.8) is 0 Å². The lowest BCUT2D eigenvalue weighted by molar-refractivity contribution is 0.0693. The molecule has 0 aromatic rings. The van der Waals surface area contributed by atoms with Crippen molar-refractivity contribution in [2.24, 2.45) is 5.41 Å². The average molecular weight is 344 g/mol. The Labute approximate surface area is 141 Å². The van der Waals surface area contributed by atoms with Gasteiger partial charge in [-0.3, -0.25) is 0 Å². The van der Waals surface area contributed by atoms with E-state index in [1.165, 1.54) is 11.2 Å². The van der Waals surface area contributed by atoms with Gasteiger partial charge in [0.15, 0.2) is 0 Å². The molecule has 23 heavy (non-hydrogen) atoms. The van der Waals surface area contributed by atoms with Crippen LogP contribution >= 0.6 is 0 Å². The predicted molar refractivity (Wildman–Crippen MR) is 90.4 cm³/mol. The third-order valence-corrected chi connectivity index (χ3v) is 6.61. The molecule has 1 aliphatic carbocycles. The maximum atomic E-state index is 12.5. The van der Waals surface area contributed by atoms with Crippen LogP contribution in [0.25, 0.3) is 0 Å². The van der Waals surface area contributed by atoms with E-state index in [1.54, 1.807) is 0 Å². The van der Waals surface area contributed by atoms with Gasteiger partial charge < -0.3 is 19.3 Å². The Morgan fingerprint density at radius 2 is 2.09 bits per heavy atom. The number of ether oxygens (including phenoxy) is 1. The van der Waals surface area contributed by atoms with Crippen LogP contribution in [0.3, 0.4) is 0 Å². The monoisotopic (exact) mass is 344 g/mol. The second-order valence-corrected chi connectivity index (χ2v) is 9.55. The average Bonchev–Trinajstić information content (AvgIpc) is 2.76. The van der Waals surface area contributed by atoms with Crippen molar-refractivity contribution in [1.29, 1.82) is 0 Å². The largest absolute Gasteiger partial charge is 0.598 e. The van der Waals surface area contributed by atoms with Crippen molar-refractivity contribution in [3.05, 3.63) is 12.8 Å². The molecule has 0 unspecified atom stereocenters. The lowest BCUT2D eigenvalue weighted by atomic mass is 9.74. The SMILES string of the molecule is C=CO[C@H]1C[C@@H](N[S@+]([O-])C(C)(C)C)C2(CCN(C(=O)O)CC2)C1. The van der Waals surface area contributed by atoms with Crippen LogP contribution in [0.5, 0.6) is 0 Å². The van der Waals surface area contributed by atoms with Crippen molar-refractivity contribution < 1.29 is 19.2 Å². The highest BCUT2D eigenvalue weighted by molar-refractivity contribution is 7.90. The standard InChI is InChI=1S/C16H28N2O4S/c1-5-22-12-10-13(17-23(21)15(2,3)4)16(11-12)6-8-18(9-7-16)14(19)20/h5,12-13,17H,1,6-11H2,2-4H3,(H,19,20)/t12-,13+,23+/m0/s1. The number of amides is 1. The Balaban J connectivity index is 2.10. The maximum Gasteiger partial charge on any atom is 0.407 e. The van der Waals surface area contributed by atoms with E-state index in [4.69, 9.17) is 9.84 Å². The van der Waals surface area contributed by atoms with Crippen LogP contribution in [-0.2, 0) is 16.1 Å².